The van der Waals surface area contributed by atoms with E-state index in [4.69, 9.17) is 18.3 Å². The Balaban J connectivity index is 5.68. The Bertz CT molecular complexity index is 796. The molecule has 0 fully saturated rings. The Morgan fingerprint density at radius 3 is 1.90 bits per heavy atom. The van der Waals surface area contributed by atoms with Crippen molar-refractivity contribution in [1.29, 1.82) is 0 Å². The molecule has 0 amide bonds. The van der Waals surface area contributed by atoms with Crippen LogP contribution in [0.1, 0.15) is 68.2 Å². The molecule has 0 radical (unpaired) electrons. The van der Waals surface area contributed by atoms with Gasteiger partial charge in [-0.2, -0.15) is 0 Å². The van der Waals surface area contributed by atoms with Gasteiger partial charge >= 0.3 is 0 Å². The molecule has 0 saturated carbocycles. The molecule has 0 aliphatic rings. The van der Waals surface area contributed by atoms with Gasteiger partial charge < -0.3 is 18.3 Å². The molecule has 7 heteroatoms. The largest absolute Gasteiger partial charge is 0.413 e. The van der Waals surface area contributed by atoms with Gasteiger partial charge in [-0.25, -0.2) is 0 Å². The Morgan fingerprint density at radius 2 is 1.44 bits per heavy atom. The topological polar surface area (TPSA) is 36.9 Å². The van der Waals surface area contributed by atoms with Crippen LogP contribution >= 0.6 is 0 Å². The highest BCUT2D eigenvalue weighted by molar-refractivity contribution is 6.76. The molecule has 0 spiro atoms. The molecule has 0 saturated heterocycles. The second-order valence-electron chi connectivity index (χ2n) is 15.7. The van der Waals surface area contributed by atoms with Crippen molar-refractivity contribution in [2.75, 3.05) is 20.5 Å². The lowest BCUT2D eigenvalue weighted by Gasteiger charge is -2.39. The molecule has 230 valence electrons. The van der Waals surface area contributed by atoms with Crippen LogP contribution in [0.3, 0.4) is 0 Å². The summed E-state index contributed by atoms with van der Waals surface area (Å²) in [5, 5.41) is 0.374. The first kappa shape index (κ1) is 38.7. The lowest BCUT2D eigenvalue weighted by Crippen LogP contribution is -2.44. The minimum absolute atomic E-state index is 0.0761. The van der Waals surface area contributed by atoms with Crippen LogP contribution in [-0.4, -0.2) is 57.4 Å². The quantitative estimate of drug-likeness (QED) is 0.0948. The molecule has 0 aliphatic carbocycles. The summed E-state index contributed by atoms with van der Waals surface area (Å²) >= 11 is 0. The van der Waals surface area contributed by atoms with E-state index in [-0.39, 0.29) is 35.0 Å². The average Bonchev–Trinajstić information content (AvgIpc) is 2.72. The van der Waals surface area contributed by atoms with Gasteiger partial charge in [-0.1, -0.05) is 97.5 Å². The van der Waals surface area contributed by atoms with Gasteiger partial charge in [-0.05, 0) is 62.1 Å². The second-order valence-corrected chi connectivity index (χ2v) is 30.7. The monoisotopic (exact) mass is 598 g/mol. The molecule has 0 aromatic heterocycles. The summed E-state index contributed by atoms with van der Waals surface area (Å²) in [5.74, 6) is 0.209. The van der Waals surface area contributed by atoms with Crippen LogP contribution in [0.15, 0.2) is 36.0 Å². The molecule has 0 aromatic rings. The standard InChI is InChI=1S/C32H66O4Si3/c1-26(24-37(11,12)13)23-29(36-39(16,17)32(7,8)9)19-18-20-30(34-25-33-10)28(3)27(2)21-22-35-38(14,15)31(4,5)6/h18,20-21,28-30H,1,19,22-25H2,2-17H3/b20-18+,27-21-/t28-,29+,30+/m1/s1. The molecular formula is C32H66O4Si3. The van der Waals surface area contributed by atoms with Crippen molar-refractivity contribution in [3.63, 3.8) is 0 Å². The molecule has 39 heavy (non-hydrogen) atoms. The first-order valence-electron chi connectivity index (χ1n) is 14.9. The fraction of sp³-hybridized carbons (Fsp3) is 0.812. The summed E-state index contributed by atoms with van der Waals surface area (Å²) in [6, 6.07) is 1.14. The minimum Gasteiger partial charge on any atom is -0.413 e. The number of hydrogen-bond acceptors (Lipinski definition) is 4. The summed E-state index contributed by atoms with van der Waals surface area (Å²) in [6.45, 7) is 40.1. The van der Waals surface area contributed by atoms with Crippen molar-refractivity contribution < 1.29 is 18.3 Å². The molecule has 0 rings (SSSR count). The summed E-state index contributed by atoms with van der Waals surface area (Å²) in [7, 11) is -3.23. The van der Waals surface area contributed by atoms with E-state index >= 15 is 0 Å². The summed E-state index contributed by atoms with van der Waals surface area (Å²) in [5.41, 5.74) is 2.60. The smallest absolute Gasteiger partial charge is 0.192 e. The summed E-state index contributed by atoms with van der Waals surface area (Å²) in [4.78, 5) is 0. The van der Waals surface area contributed by atoms with E-state index in [1.807, 2.05) is 0 Å². The van der Waals surface area contributed by atoms with Crippen molar-refractivity contribution in [3.05, 3.63) is 36.0 Å². The van der Waals surface area contributed by atoms with Gasteiger partial charge in [0, 0.05) is 21.1 Å². The van der Waals surface area contributed by atoms with Crippen LogP contribution in [0.2, 0.25) is 61.9 Å². The molecular weight excluding hydrogens is 533 g/mol. The van der Waals surface area contributed by atoms with Crippen LogP contribution in [0.25, 0.3) is 0 Å². The number of rotatable bonds is 17. The maximum atomic E-state index is 6.92. The van der Waals surface area contributed by atoms with Crippen LogP contribution in [0.5, 0.6) is 0 Å². The average molecular weight is 599 g/mol. The molecule has 4 nitrogen and oxygen atoms in total. The molecule has 0 aromatic carbocycles. The predicted molar refractivity (Wildman–Crippen MR) is 181 cm³/mol. The van der Waals surface area contributed by atoms with Crippen molar-refractivity contribution in [3.8, 4) is 0 Å². The van der Waals surface area contributed by atoms with E-state index in [0.29, 0.717) is 6.61 Å². The van der Waals surface area contributed by atoms with Gasteiger partial charge in [0.1, 0.15) is 6.79 Å². The van der Waals surface area contributed by atoms with Gasteiger partial charge in [0.25, 0.3) is 0 Å². The molecule has 3 atom stereocenters. The maximum absolute atomic E-state index is 6.92. The Hall–Kier alpha value is -0.289. The van der Waals surface area contributed by atoms with E-state index in [1.165, 1.54) is 11.1 Å². The zero-order chi connectivity index (χ0) is 30.9. The number of ether oxygens (including phenoxy) is 2. The Kier molecular flexibility index (Phi) is 15.7. The third-order valence-electron chi connectivity index (χ3n) is 8.53. The highest BCUT2D eigenvalue weighted by Gasteiger charge is 2.39. The maximum Gasteiger partial charge on any atom is 0.192 e. The zero-order valence-corrected chi connectivity index (χ0v) is 31.8. The van der Waals surface area contributed by atoms with E-state index in [0.717, 1.165) is 18.9 Å². The van der Waals surface area contributed by atoms with Gasteiger partial charge in [0.2, 0.25) is 0 Å². The molecule has 0 bridgehead atoms. The number of hydrogen-bond donors (Lipinski definition) is 0. The van der Waals surface area contributed by atoms with Gasteiger partial charge in [0.05, 0.1) is 18.8 Å². The Labute approximate surface area is 247 Å². The van der Waals surface area contributed by atoms with Crippen LogP contribution < -0.4 is 0 Å². The molecule has 0 unspecified atom stereocenters. The molecule has 0 heterocycles. The third kappa shape index (κ3) is 15.0. The second kappa shape index (κ2) is 15.8. The first-order chi connectivity index (χ1) is 17.4. The van der Waals surface area contributed by atoms with Gasteiger partial charge in [-0.3, -0.25) is 0 Å². The summed E-state index contributed by atoms with van der Waals surface area (Å²) in [6.07, 6.45) is 8.53. The third-order valence-corrected chi connectivity index (χ3v) is 19.1. The highest BCUT2D eigenvalue weighted by Crippen LogP contribution is 2.39. The van der Waals surface area contributed by atoms with Crippen molar-refractivity contribution in [1.82, 2.24) is 0 Å². The van der Waals surface area contributed by atoms with Crippen LogP contribution in [0.4, 0.5) is 0 Å². The van der Waals surface area contributed by atoms with Crippen molar-refractivity contribution in [2.24, 2.45) is 5.92 Å². The van der Waals surface area contributed by atoms with Gasteiger partial charge in [0.15, 0.2) is 16.6 Å². The number of methoxy groups -OCH3 is 1. The normalized spacial score (nSPS) is 17.0. The predicted octanol–water partition coefficient (Wildman–Crippen LogP) is 10.2. The lowest BCUT2D eigenvalue weighted by atomic mass is 9.95. The molecule has 0 N–H and O–H groups in total. The van der Waals surface area contributed by atoms with E-state index in [2.05, 4.69) is 126 Å². The van der Waals surface area contributed by atoms with Gasteiger partial charge in [-0.15, -0.1) is 6.58 Å². The lowest BCUT2D eigenvalue weighted by molar-refractivity contribution is -0.0666. The first-order valence-corrected chi connectivity index (χ1v) is 24.4. The fourth-order valence-corrected chi connectivity index (χ4v) is 7.78. The van der Waals surface area contributed by atoms with Crippen LogP contribution in [0, 0.1) is 5.92 Å². The SMILES string of the molecule is C=C(C[C@H](C/C=C/[C@H](OCOC)[C@H](C)/C(C)=C\CO[Si](C)(C)C(C)(C)C)O[Si](C)(C)C(C)(C)C)C[Si](C)(C)C. The van der Waals surface area contributed by atoms with E-state index < -0.39 is 24.7 Å². The van der Waals surface area contributed by atoms with E-state index in [1.54, 1.807) is 7.11 Å². The molecule has 0 aliphatic heterocycles. The summed E-state index contributed by atoms with van der Waals surface area (Å²) < 4.78 is 24.7. The van der Waals surface area contributed by atoms with E-state index in [9.17, 15) is 0 Å². The Morgan fingerprint density at radius 1 is 0.897 bits per heavy atom. The minimum atomic E-state index is -1.91. The van der Waals surface area contributed by atoms with Crippen molar-refractivity contribution in [2.45, 2.75) is 142 Å². The van der Waals surface area contributed by atoms with Crippen molar-refractivity contribution >= 4 is 24.7 Å². The highest BCUT2D eigenvalue weighted by atomic mass is 28.4. The fourth-order valence-electron chi connectivity index (χ4n) is 3.83. The zero-order valence-electron chi connectivity index (χ0n) is 28.8. The van der Waals surface area contributed by atoms with Crippen LogP contribution in [-0.2, 0) is 18.3 Å².